The van der Waals surface area contributed by atoms with Crippen molar-refractivity contribution >= 4 is 17.5 Å². The van der Waals surface area contributed by atoms with Crippen molar-refractivity contribution in [2.75, 3.05) is 11.1 Å². The number of carbonyl (C=O) groups excluding carboxylic acids is 1. The van der Waals surface area contributed by atoms with Gasteiger partial charge in [0.2, 0.25) is 5.95 Å². The van der Waals surface area contributed by atoms with E-state index in [0.717, 1.165) is 0 Å². The van der Waals surface area contributed by atoms with Crippen LogP contribution in [0.15, 0.2) is 4.79 Å². The first-order valence-corrected chi connectivity index (χ1v) is 4.60. The Labute approximate surface area is 85.9 Å². The normalized spacial score (nSPS) is 23.3. The average Bonchev–Trinajstić information content (AvgIpc) is 2.43. The first kappa shape index (κ1) is 9.70. The van der Waals surface area contributed by atoms with Crippen LogP contribution in [0.4, 0.5) is 11.8 Å². The monoisotopic (exact) mass is 208 g/mol. The van der Waals surface area contributed by atoms with Gasteiger partial charge in [0.25, 0.3) is 5.56 Å². The van der Waals surface area contributed by atoms with Gasteiger partial charge in [-0.2, -0.15) is 4.98 Å². The van der Waals surface area contributed by atoms with Crippen molar-refractivity contribution in [1.82, 2.24) is 9.97 Å². The molecule has 0 fully saturated rings. The lowest BCUT2D eigenvalue weighted by molar-refractivity contribution is -0.120. The van der Waals surface area contributed by atoms with E-state index in [4.69, 9.17) is 5.73 Å². The molecule has 1 atom stereocenters. The Morgan fingerprint density at radius 3 is 2.87 bits per heavy atom. The molecule has 0 bridgehead atoms. The summed E-state index contributed by atoms with van der Waals surface area (Å²) < 4.78 is 0. The molecular weight excluding hydrogens is 196 g/mol. The predicted octanol–water partition coefficient (Wildman–Crippen LogP) is -0.332. The van der Waals surface area contributed by atoms with Gasteiger partial charge in [0.1, 0.15) is 5.82 Å². The number of aromatic amines is 1. The van der Waals surface area contributed by atoms with Gasteiger partial charge in [-0.05, 0) is 13.8 Å². The second kappa shape index (κ2) is 2.82. The van der Waals surface area contributed by atoms with Crippen LogP contribution in [0.25, 0.3) is 0 Å². The fourth-order valence-corrected chi connectivity index (χ4v) is 1.65. The van der Waals surface area contributed by atoms with Crippen LogP contribution in [0.3, 0.4) is 0 Å². The lowest BCUT2D eigenvalue weighted by Crippen LogP contribution is -2.40. The standard InChI is InChI=1S/C9H12N4O2/c1-4(14)9(2)3-5-6(13-9)11-8(10)12-7(5)15/h3H2,1-2H3,(H4,10,11,12,13,15). The van der Waals surface area contributed by atoms with E-state index in [1.165, 1.54) is 6.92 Å². The van der Waals surface area contributed by atoms with Crippen molar-refractivity contribution in [3.63, 3.8) is 0 Å². The second-order valence-electron chi connectivity index (χ2n) is 3.97. The number of hydrogen-bond acceptors (Lipinski definition) is 5. The number of hydrogen-bond donors (Lipinski definition) is 3. The molecule has 1 aliphatic heterocycles. The minimum atomic E-state index is -0.740. The van der Waals surface area contributed by atoms with Crippen LogP contribution in [0.2, 0.25) is 0 Å². The van der Waals surface area contributed by atoms with E-state index in [2.05, 4.69) is 15.3 Å². The van der Waals surface area contributed by atoms with Gasteiger partial charge in [-0.3, -0.25) is 14.6 Å². The smallest absolute Gasteiger partial charge is 0.257 e. The summed E-state index contributed by atoms with van der Waals surface area (Å²) in [5, 5.41) is 2.93. The molecule has 0 saturated heterocycles. The lowest BCUT2D eigenvalue weighted by Gasteiger charge is -2.20. The first-order valence-electron chi connectivity index (χ1n) is 4.60. The number of nitrogens with two attached hydrogens (primary N) is 1. The van der Waals surface area contributed by atoms with Crippen LogP contribution >= 0.6 is 0 Å². The lowest BCUT2D eigenvalue weighted by atomic mass is 9.94. The highest BCUT2D eigenvalue weighted by Crippen LogP contribution is 2.28. The number of nitrogens with zero attached hydrogens (tertiary/aromatic N) is 1. The zero-order valence-corrected chi connectivity index (χ0v) is 8.55. The molecule has 1 aliphatic rings. The van der Waals surface area contributed by atoms with E-state index >= 15 is 0 Å². The van der Waals surface area contributed by atoms with Crippen molar-refractivity contribution in [1.29, 1.82) is 0 Å². The molecule has 2 heterocycles. The Hall–Kier alpha value is -1.85. The fourth-order valence-electron chi connectivity index (χ4n) is 1.65. The summed E-state index contributed by atoms with van der Waals surface area (Å²) in [6, 6.07) is 0. The number of anilines is 2. The molecule has 0 radical (unpaired) electrons. The van der Waals surface area contributed by atoms with E-state index in [-0.39, 0.29) is 17.3 Å². The van der Waals surface area contributed by atoms with Crippen LogP contribution in [-0.4, -0.2) is 21.3 Å². The van der Waals surface area contributed by atoms with Crippen LogP contribution in [0.1, 0.15) is 19.4 Å². The molecule has 4 N–H and O–H groups in total. The number of H-pyrrole nitrogens is 1. The Bertz CT molecular complexity index is 493. The second-order valence-corrected chi connectivity index (χ2v) is 3.97. The molecule has 6 heteroatoms. The molecule has 15 heavy (non-hydrogen) atoms. The zero-order chi connectivity index (χ0) is 11.2. The van der Waals surface area contributed by atoms with E-state index in [1.54, 1.807) is 6.92 Å². The first-order chi connectivity index (χ1) is 6.92. The third-order valence-electron chi connectivity index (χ3n) is 2.74. The molecule has 1 unspecified atom stereocenters. The van der Waals surface area contributed by atoms with E-state index in [1.807, 2.05) is 0 Å². The summed E-state index contributed by atoms with van der Waals surface area (Å²) in [6.07, 6.45) is 0.347. The highest BCUT2D eigenvalue weighted by atomic mass is 16.1. The molecule has 1 aromatic rings. The van der Waals surface area contributed by atoms with Gasteiger partial charge in [0, 0.05) is 6.42 Å². The Morgan fingerprint density at radius 1 is 1.60 bits per heavy atom. The van der Waals surface area contributed by atoms with Crippen molar-refractivity contribution < 1.29 is 4.79 Å². The average molecular weight is 208 g/mol. The Morgan fingerprint density at radius 2 is 2.27 bits per heavy atom. The fraction of sp³-hybridized carbons (Fsp3) is 0.444. The summed E-state index contributed by atoms with van der Waals surface area (Å²) in [4.78, 5) is 29.3. The van der Waals surface area contributed by atoms with E-state index in [9.17, 15) is 9.59 Å². The van der Waals surface area contributed by atoms with Gasteiger partial charge in [-0.15, -0.1) is 0 Å². The number of nitrogens with one attached hydrogen (secondary N) is 2. The maximum Gasteiger partial charge on any atom is 0.257 e. The van der Waals surface area contributed by atoms with Crippen molar-refractivity contribution in [2.24, 2.45) is 0 Å². The van der Waals surface area contributed by atoms with Crippen molar-refractivity contribution in [2.45, 2.75) is 25.8 Å². The predicted molar refractivity (Wildman–Crippen MR) is 55.7 cm³/mol. The number of ketones is 1. The molecule has 80 valence electrons. The number of aromatic nitrogens is 2. The Balaban J connectivity index is 2.52. The van der Waals surface area contributed by atoms with Gasteiger partial charge >= 0.3 is 0 Å². The van der Waals surface area contributed by atoms with Gasteiger partial charge in [0.15, 0.2) is 5.78 Å². The third-order valence-corrected chi connectivity index (χ3v) is 2.74. The summed E-state index contributed by atoms with van der Waals surface area (Å²) in [5.74, 6) is 0.437. The van der Waals surface area contributed by atoms with Gasteiger partial charge < -0.3 is 11.1 Å². The number of Topliss-reactive ketones (excluding diaryl/α,β-unsaturated/α-hetero) is 1. The molecule has 0 amide bonds. The molecular formula is C9H12N4O2. The molecule has 0 aliphatic carbocycles. The topological polar surface area (TPSA) is 101 Å². The minimum absolute atomic E-state index is 0.0292. The number of fused-ring (bicyclic) bond motifs is 1. The van der Waals surface area contributed by atoms with Crippen LogP contribution in [-0.2, 0) is 11.2 Å². The summed E-state index contributed by atoms with van der Waals surface area (Å²) in [6.45, 7) is 3.23. The summed E-state index contributed by atoms with van der Waals surface area (Å²) >= 11 is 0. The number of rotatable bonds is 1. The molecule has 6 nitrogen and oxygen atoms in total. The zero-order valence-electron chi connectivity index (χ0n) is 8.55. The van der Waals surface area contributed by atoms with Crippen molar-refractivity contribution in [3.8, 4) is 0 Å². The SMILES string of the molecule is CC(=O)C1(C)Cc2c(nc(N)[nH]c2=O)N1. The van der Waals surface area contributed by atoms with Gasteiger partial charge in [-0.1, -0.05) is 0 Å². The van der Waals surface area contributed by atoms with Crippen LogP contribution < -0.4 is 16.6 Å². The van der Waals surface area contributed by atoms with Crippen LogP contribution in [0.5, 0.6) is 0 Å². The minimum Gasteiger partial charge on any atom is -0.369 e. The quantitative estimate of drug-likeness (QED) is 0.586. The van der Waals surface area contributed by atoms with Gasteiger partial charge in [-0.25, -0.2) is 0 Å². The molecule has 0 spiro atoms. The molecule has 1 aromatic heterocycles. The highest BCUT2D eigenvalue weighted by Gasteiger charge is 2.38. The number of nitrogen functional groups attached to an aromatic ring is 1. The van der Waals surface area contributed by atoms with E-state index in [0.29, 0.717) is 17.8 Å². The highest BCUT2D eigenvalue weighted by molar-refractivity contribution is 5.91. The third kappa shape index (κ3) is 1.38. The Kier molecular flexibility index (Phi) is 1.82. The largest absolute Gasteiger partial charge is 0.369 e. The number of carbonyl (C=O) groups is 1. The molecule has 0 saturated carbocycles. The maximum absolute atomic E-state index is 11.5. The van der Waals surface area contributed by atoms with E-state index < -0.39 is 5.54 Å². The molecule has 0 aromatic carbocycles. The van der Waals surface area contributed by atoms with Gasteiger partial charge in [0.05, 0.1) is 11.1 Å². The van der Waals surface area contributed by atoms with Crippen LogP contribution in [0, 0.1) is 0 Å². The summed E-state index contributed by atoms with van der Waals surface area (Å²) in [5.41, 5.74) is 4.87. The molecule has 2 rings (SSSR count). The summed E-state index contributed by atoms with van der Waals surface area (Å²) in [7, 11) is 0. The van der Waals surface area contributed by atoms with Crippen molar-refractivity contribution in [3.05, 3.63) is 15.9 Å². The maximum atomic E-state index is 11.5.